The molecule has 0 spiro atoms. The van der Waals surface area contributed by atoms with Crippen molar-refractivity contribution in [3.8, 4) is 0 Å². The van der Waals surface area contributed by atoms with Crippen molar-refractivity contribution in [1.82, 2.24) is 9.97 Å². The molecular weight excluding hydrogens is 174 g/mol. The molecule has 0 radical (unpaired) electrons. The number of nitrogens with one attached hydrogen (secondary N) is 1. The third kappa shape index (κ3) is 2.03. The summed E-state index contributed by atoms with van der Waals surface area (Å²) in [5.41, 5.74) is 0.167. The first-order chi connectivity index (χ1) is 6.58. The number of hydrogen-bond acceptors (Lipinski definition) is 3. The van der Waals surface area contributed by atoms with Crippen molar-refractivity contribution in [2.75, 3.05) is 5.32 Å². The monoisotopic (exact) mass is 191 g/mol. The van der Waals surface area contributed by atoms with Crippen molar-refractivity contribution in [2.45, 2.75) is 39.2 Å². The van der Waals surface area contributed by atoms with Crippen LogP contribution in [-0.2, 0) is 0 Å². The van der Waals surface area contributed by atoms with Gasteiger partial charge in [-0.3, -0.25) is 0 Å². The number of aromatic nitrogens is 2. The predicted molar refractivity (Wildman–Crippen MR) is 57.2 cm³/mol. The number of hydrogen-bond donors (Lipinski definition) is 1. The zero-order valence-corrected chi connectivity index (χ0v) is 9.04. The maximum atomic E-state index is 4.35. The number of rotatable bonds is 3. The lowest BCUT2D eigenvalue weighted by molar-refractivity contribution is 0.492. The Morgan fingerprint density at radius 1 is 1.43 bits per heavy atom. The SMILES string of the molecule is Cc1nccc(NC(C)(C)C2CC2)n1. The molecule has 1 aliphatic carbocycles. The van der Waals surface area contributed by atoms with Gasteiger partial charge in [0.1, 0.15) is 11.6 Å². The van der Waals surface area contributed by atoms with Crippen molar-refractivity contribution >= 4 is 5.82 Å². The van der Waals surface area contributed by atoms with E-state index in [0.29, 0.717) is 0 Å². The maximum absolute atomic E-state index is 4.35. The van der Waals surface area contributed by atoms with Crippen molar-refractivity contribution in [2.24, 2.45) is 5.92 Å². The lowest BCUT2D eigenvalue weighted by Gasteiger charge is -2.26. The molecule has 14 heavy (non-hydrogen) atoms. The average Bonchev–Trinajstić information content (AvgIpc) is 2.84. The van der Waals surface area contributed by atoms with Crippen LogP contribution in [0.4, 0.5) is 5.82 Å². The van der Waals surface area contributed by atoms with E-state index in [0.717, 1.165) is 17.6 Å². The summed E-state index contributed by atoms with van der Waals surface area (Å²) in [6.07, 6.45) is 4.47. The average molecular weight is 191 g/mol. The Bertz CT molecular complexity index is 329. The van der Waals surface area contributed by atoms with Gasteiger partial charge in [-0.05, 0) is 45.6 Å². The van der Waals surface area contributed by atoms with Crippen LogP contribution in [0.1, 0.15) is 32.5 Å². The molecule has 1 aliphatic rings. The summed E-state index contributed by atoms with van der Waals surface area (Å²) in [4.78, 5) is 8.43. The van der Waals surface area contributed by atoms with Crippen molar-refractivity contribution in [1.29, 1.82) is 0 Å². The molecule has 0 atom stereocenters. The van der Waals surface area contributed by atoms with Crippen molar-refractivity contribution in [3.63, 3.8) is 0 Å². The summed E-state index contributed by atoms with van der Waals surface area (Å²) >= 11 is 0. The summed E-state index contributed by atoms with van der Waals surface area (Å²) < 4.78 is 0. The number of anilines is 1. The fourth-order valence-electron chi connectivity index (χ4n) is 1.76. The maximum Gasteiger partial charge on any atom is 0.130 e. The van der Waals surface area contributed by atoms with E-state index in [1.807, 2.05) is 13.0 Å². The molecule has 3 heteroatoms. The Hall–Kier alpha value is -1.12. The molecule has 3 nitrogen and oxygen atoms in total. The Labute approximate surface area is 85.0 Å². The minimum atomic E-state index is 0.167. The highest BCUT2D eigenvalue weighted by molar-refractivity contribution is 5.36. The van der Waals surface area contributed by atoms with Crippen molar-refractivity contribution in [3.05, 3.63) is 18.1 Å². The zero-order chi connectivity index (χ0) is 10.2. The van der Waals surface area contributed by atoms with Crippen LogP contribution in [0.3, 0.4) is 0 Å². The first-order valence-electron chi connectivity index (χ1n) is 5.16. The number of nitrogens with zero attached hydrogens (tertiary/aromatic N) is 2. The molecule has 0 unspecified atom stereocenters. The van der Waals surface area contributed by atoms with Gasteiger partial charge in [0, 0.05) is 11.7 Å². The molecule has 1 aromatic heterocycles. The predicted octanol–water partition coefficient (Wildman–Crippen LogP) is 2.39. The second-order valence-corrected chi connectivity index (χ2v) is 4.61. The molecule has 0 aliphatic heterocycles. The second-order valence-electron chi connectivity index (χ2n) is 4.61. The van der Waals surface area contributed by atoms with Crippen LogP contribution >= 0.6 is 0 Å². The molecule has 0 aromatic carbocycles. The summed E-state index contributed by atoms with van der Waals surface area (Å²) in [6, 6.07) is 1.93. The Morgan fingerprint density at radius 2 is 2.14 bits per heavy atom. The molecule has 1 heterocycles. The van der Waals surface area contributed by atoms with Crippen LogP contribution in [0.25, 0.3) is 0 Å². The van der Waals surface area contributed by atoms with Crippen LogP contribution in [0.5, 0.6) is 0 Å². The van der Waals surface area contributed by atoms with Crippen LogP contribution in [0.15, 0.2) is 12.3 Å². The van der Waals surface area contributed by atoms with Crippen molar-refractivity contribution < 1.29 is 0 Å². The van der Waals surface area contributed by atoms with E-state index in [1.54, 1.807) is 6.20 Å². The van der Waals surface area contributed by atoms with Gasteiger partial charge in [-0.2, -0.15) is 0 Å². The molecule has 2 rings (SSSR count). The smallest absolute Gasteiger partial charge is 0.130 e. The Balaban J connectivity index is 2.09. The normalized spacial score (nSPS) is 16.8. The van der Waals surface area contributed by atoms with Gasteiger partial charge < -0.3 is 5.32 Å². The third-order valence-electron chi connectivity index (χ3n) is 2.82. The zero-order valence-electron chi connectivity index (χ0n) is 9.04. The van der Waals surface area contributed by atoms with E-state index in [4.69, 9.17) is 0 Å². The lowest BCUT2D eigenvalue weighted by Crippen LogP contribution is -2.33. The first-order valence-corrected chi connectivity index (χ1v) is 5.16. The fraction of sp³-hybridized carbons (Fsp3) is 0.636. The van der Waals surface area contributed by atoms with Crippen LogP contribution in [0, 0.1) is 12.8 Å². The standard InChI is InChI=1S/C11H17N3/c1-8-12-7-6-10(13-8)14-11(2,3)9-4-5-9/h6-7,9H,4-5H2,1-3H3,(H,12,13,14). The van der Waals surface area contributed by atoms with Gasteiger partial charge in [-0.1, -0.05) is 0 Å². The van der Waals surface area contributed by atoms with Crippen LogP contribution < -0.4 is 5.32 Å². The van der Waals surface area contributed by atoms with Gasteiger partial charge >= 0.3 is 0 Å². The molecule has 0 bridgehead atoms. The van der Waals surface area contributed by atoms with Gasteiger partial charge in [0.05, 0.1) is 0 Å². The van der Waals surface area contributed by atoms with Crippen LogP contribution in [0.2, 0.25) is 0 Å². The summed E-state index contributed by atoms with van der Waals surface area (Å²) in [5.74, 6) is 2.56. The molecule has 1 fully saturated rings. The van der Waals surface area contributed by atoms with E-state index >= 15 is 0 Å². The molecule has 0 saturated heterocycles. The van der Waals surface area contributed by atoms with Gasteiger partial charge in [0.15, 0.2) is 0 Å². The summed E-state index contributed by atoms with van der Waals surface area (Å²) in [5, 5.41) is 3.47. The van der Waals surface area contributed by atoms with Gasteiger partial charge in [-0.25, -0.2) is 9.97 Å². The topological polar surface area (TPSA) is 37.8 Å². The first kappa shape index (κ1) is 9.44. The molecule has 0 amide bonds. The molecule has 1 N–H and O–H groups in total. The third-order valence-corrected chi connectivity index (χ3v) is 2.82. The van der Waals surface area contributed by atoms with E-state index in [-0.39, 0.29) is 5.54 Å². The fourth-order valence-corrected chi connectivity index (χ4v) is 1.76. The minimum absolute atomic E-state index is 0.167. The van der Waals surface area contributed by atoms with Gasteiger partial charge in [0.25, 0.3) is 0 Å². The molecular formula is C11H17N3. The highest BCUT2D eigenvalue weighted by Gasteiger charge is 2.37. The Kier molecular flexibility index (Phi) is 2.17. The lowest BCUT2D eigenvalue weighted by atomic mass is 9.99. The number of aryl methyl sites for hydroxylation is 1. The van der Waals surface area contributed by atoms with E-state index in [2.05, 4.69) is 29.1 Å². The van der Waals surface area contributed by atoms with E-state index in [1.165, 1.54) is 12.8 Å². The molecule has 1 aromatic rings. The largest absolute Gasteiger partial charge is 0.365 e. The minimum Gasteiger partial charge on any atom is -0.365 e. The van der Waals surface area contributed by atoms with Crippen LogP contribution in [-0.4, -0.2) is 15.5 Å². The van der Waals surface area contributed by atoms with Gasteiger partial charge in [-0.15, -0.1) is 0 Å². The van der Waals surface area contributed by atoms with E-state index < -0.39 is 0 Å². The highest BCUT2D eigenvalue weighted by atomic mass is 15.1. The quantitative estimate of drug-likeness (QED) is 0.797. The summed E-state index contributed by atoms with van der Waals surface area (Å²) in [7, 11) is 0. The second kappa shape index (κ2) is 3.23. The molecule has 76 valence electrons. The highest BCUT2D eigenvalue weighted by Crippen LogP contribution is 2.40. The van der Waals surface area contributed by atoms with Gasteiger partial charge in [0.2, 0.25) is 0 Å². The summed E-state index contributed by atoms with van der Waals surface area (Å²) in [6.45, 7) is 6.39. The van der Waals surface area contributed by atoms with E-state index in [9.17, 15) is 0 Å². The Morgan fingerprint density at radius 3 is 2.71 bits per heavy atom. The molecule has 1 saturated carbocycles.